The fraction of sp³-hybridized carbons (Fsp3) is 0.789. The molecular formula is C19H36Cl2N6O. The van der Waals surface area contributed by atoms with Gasteiger partial charge in [0.05, 0.1) is 12.1 Å². The van der Waals surface area contributed by atoms with Crippen LogP contribution in [0.2, 0.25) is 0 Å². The first-order chi connectivity index (χ1) is 12.5. The van der Waals surface area contributed by atoms with Crippen molar-refractivity contribution in [3.8, 4) is 0 Å². The maximum atomic E-state index is 12.7. The molecule has 2 saturated heterocycles. The van der Waals surface area contributed by atoms with E-state index in [2.05, 4.69) is 39.6 Å². The molecule has 2 aliphatic rings. The van der Waals surface area contributed by atoms with Crippen LogP contribution in [0.1, 0.15) is 24.3 Å². The molecule has 1 amide bonds. The monoisotopic (exact) mass is 434 g/mol. The SMILES string of the molecule is CN(C)CCN1CCC(CNC(=O)[C@H]2CNC[C@@H]2c2cnn(C)c2)CC1.Cl.Cl. The number of rotatable bonds is 7. The largest absolute Gasteiger partial charge is 0.356 e. The minimum Gasteiger partial charge on any atom is -0.356 e. The molecule has 0 spiro atoms. The molecule has 2 aliphatic heterocycles. The van der Waals surface area contributed by atoms with Crippen molar-refractivity contribution in [2.75, 3.05) is 59.9 Å². The van der Waals surface area contributed by atoms with Crippen molar-refractivity contribution in [1.29, 1.82) is 0 Å². The second kappa shape index (κ2) is 12.0. The van der Waals surface area contributed by atoms with Gasteiger partial charge in [0.1, 0.15) is 0 Å². The standard InChI is InChI=1S/C19H34N6O.2ClH/c1-23(2)8-9-25-6-4-15(5-7-25)10-21-19(26)18-13-20-12-17(18)16-11-22-24(3)14-16;;/h11,14-15,17-18,20H,4-10,12-13H2,1-3H3,(H,21,26);2*1H/t17-,18+;;/m1../s1. The number of nitrogens with one attached hydrogen (secondary N) is 2. The van der Waals surface area contributed by atoms with Crippen LogP contribution in [-0.4, -0.2) is 85.4 Å². The number of piperidine rings is 1. The Morgan fingerprint density at radius 1 is 1.29 bits per heavy atom. The zero-order chi connectivity index (χ0) is 18.5. The van der Waals surface area contributed by atoms with Crippen molar-refractivity contribution in [2.45, 2.75) is 18.8 Å². The van der Waals surface area contributed by atoms with Gasteiger partial charge in [-0.25, -0.2) is 0 Å². The number of likely N-dealkylation sites (tertiary alicyclic amines) is 1. The van der Waals surface area contributed by atoms with Crippen LogP contribution in [-0.2, 0) is 11.8 Å². The van der Waals surface area contributed by atoms with Crippen molar-refractivity contribution in [3.63, 3.8) is 0 Å². The molecule has 0 unspecified atom stereocenters. The molecule has 2 N–H and O–H groups in total. The van der Waals surface area contributed by atoms with E-state index in [1.54, 1.807) is 0 Å². The highest BCUT2D eigenvalue weighted by atomic mass is 35.5. The Kier molecular flexibility index (Phi) is 10.8. The minimum absolute atomic E-state index is 0. The summed E-state index contributed by atoms with van der Waals surface area (Å²) >= 11 is 0. The molecular weight excluding hydrogens is 399 g/mol. The highest BCUT2D eigenvalue weighted by molar-refractivity contribution is 5.85. The first kappa shape index (κ1) is 25.2. The molecule has 3 heterocycles. The van der Waals surface area contributed by atoms with E-state index in [4.69, 9.17) is 0 Å². The highest BCUT2D eigenvalue weighted by Crippen LogP contribution is 2.28. The zero-order valence-electron chi connectivity index (χ0n) is 17.3. The second-order valence-corrected chi connectivity index (χ2v) is 8.15. The van der Waals surface area contributed by atoms with Crippen molar-refractivity contribution < 1.29 is 4.79 Å². The first-order valence-electron chi connectivity index (χ1n) is 9.87. The average molecular weight is 435 g/mol. The lowest BCUT2D eigenvalue weighted by molar-refractivity contribution is -0.125. The first-order valence-corrected chi connectivity index (χ1v) is 9.87. The summed E-state index contributed by atoms with van der Waals surface area (Å²) in [6.45, 7) is 6.99. The van der Waals surface area contributed by atoms with E-state index >= 15 is 0 Å². The number of carbonyl (C=O) groups excluding carboxylic acids is 1. The molecule has 0 aliphatic carbocycles. The Morgan fingerprint density at radius 3 is 2.61 bits per heavy atom. The van der Waals surface area contributed by atoms with Gasteiger partial charge >= 0.3 is 0 Å². The summed E-state index contributed by atoms with van der Waals surface area (Å²) in [6.07, 6.45) is 6.29. The molecule has 1 aromatic heterocycles. The molecule has 2 atom stereocenters. The van der Waals surface area contributed by atoms with Crippen molar-refractivity contribution in [1.82, 2.24) is 30.2 Å². The summed E-state index contributed by atoms with van der Waals surface area (Å²) in [6, 6.07) is 0. The summed E-state index contributed by atoms with van der Waals surface area (Å²) in [5.74, 6) is 1.05. The summed E-state index contributed by atoms with van der Waals surface area (Å²) in [5, 5.41) is 10.9. The molecule has 2 fully saturated rings. The summed E-state index contributed by atoms with van der Waals surface area (Å²) < 4.78 is 1.81. The Morgan fingerprint density at radius 2 is 2.00 bits per heavy atom. The maximum absolute atomic E-state index is 12.7. The van der Waals surface area contributed by atoms with Crippen LogP contribution in [0.25, 0.3) is 0 Å². The van der Waals surface area contributed by atoms with Gasteiger partial charge in [0.2, 0.25) is 5.91 Å². The van der Waals surface area contributed by atoms with Crippen LogP contribution in [0.3, 0.4) is 0 Å². The lowest BCUT2D eigenvalue weighted by Gasteiger charge is -2.32. The fourth-order valence-electron chi connectivity index (χ4n) is 4.07. The maximum Gasteiger partial charge on any atom is 0.225 e. The normalized spacial score (nSPS) is 23.3. The number of nitrogens with zero attached hydrogens (tertiary/aromatic N) is 4. The van der Waals surface area contributed by atoms with Crippen LogP contribution in [0.4, 0.5) is 0 Å². The number of carbonyl (C=O) groups is 1. The molecule has 1 aromatic rings. The van der Waals surface area contributed by atoms with Gasteiger partial charge in [-0.15, -0.1) is 24.8 Å². The predicted octanol–water partition coefficient (Wildman–Crippen LogP) is 0.957. The lowest BCUT2D eigenvalue weighted by Crippen LogP contribution is -2.42. The van der Waals surface area contributed by atoms with E-state index in [-0.39, 0.29) is 42.6 Å². The van der Waals surface area contributed by atoms with Crippen LogP contribution in [0.15, 0.2) is 12.4 Å². The van der Waals surface area contributed by atoms with Crippen molar-refractivity contribution in [2.24, 2.45) is 18.9 Å². The van der Waals surface area contributed by atoms with E-state index in [0.29, 0.717) is 5.92 Å². The molecule has 162 valence electrons. The molecule has 0 saturated carbocycles. The summed E-state index contributed by atoms with van der Waals surface area (Å²) in [5.41, 5.74) is 1.16. The van der Waals surface area contributed by atoms with Crippen LogP contribution in [0.5, 0.6) is 0 Å². The van der Waals surface area contributed by atoms with Gasteiger partial charge in [-0.05, 0) is 51.5 Å². The molecule has 0 aromatic carbocycles. The second-order valence-electron chi connectivity index (χ2n) is 8.15. The lowest BCUT2D eigenvalue weighted by atomic mass is 9.90. The van der Waals surface area contributed by atoms with E-state index in [9.17, 15) is 4.79 Å². The fourth-order valence-corrected chi connectivity index (χ4v) is 4.07. The number of hydrogen-bond donors (Lipinski definition) is 2. The van der Waals surface area contributed by atoms with Gasteiger partial charge in [0.15, 0.2) is 0 Å². The smallest absolute Gasteiger partial charge is 0.225 e. The third-order valence-electron chi connectivity index (χ3n) is 5.84. The zero-order valence-corrected chi connectivity index (χ0v) is 18.9. The number of aryl methyl sites for hydroxylation is 1. The van der Waals surface area contributed by atoms with Crippen LogP contribution < -0.4 is 10.6 Å². The Hall–Kier alpha value is -0.860. The molecule has 9 heteroatoms. The average Bonchev–Trinajstić information content (AvgIpc) is 3.27. The Bertz CT molecular complexity index is 589. The predicted molar refractivity (Wildman–Crippen MR) is 118 cm³/mol. The van der Waals surface area contributed by atoms with E-state index in [1.807, 2.05) is 24.1 Å². The van der Waals surface area contributed by atoms with Gasteiger partial charge < -0.3 is 20.4 Å². The van der Waals surface area contributed by atoms with Crippen molar-refractivity contribution >= 4 is 30.7 Å². The number of aromatic nitrogens is 2. The third-order valence-corrected chi connectivity index (χ3v) is 5.84. The third kappa shape index (κ3) is 6.88. The molecule has 0 bridgehead atoms. The number of amides is 1. The molecule has 7 nitrogen and oxygen atoms in total. The summed E-state index contributed by atoms with van der Waals surface area (Å²) in [4.78, 5) is 17.5. The van der Waals surface area contributed by atoms with Crippen LogP contribution >= 0.6 is 24.8 Å². The molecule has 28 heavy (non-hydrogen) atoms. The van der Waals surface area contributed by atoms with Gasteiger partial charge in [-0.2, -0.15) is 5.10 Å². The highest BCUT2D eigenvalue weighted by Gasteiger charge is 2.34. The Labute approximate surface area is 181 Å². The van der Waals surface area contributed by atoms with Gasteiger partial charge in [0.25, 0.3) is 0 Å². The van der Waals surface area contributed by atoms with E-state index < -0.39 is 0 Å². The molecule has 3 rings (SSSR count). The van der Waals surface area contributed by atoms with Gasteiger partial charge in [0, 0.05) is 51.9 Å². The van der Waals surface area contributed by atoms with E-state index in [1.165, 1.54) is 12.8 Å². The topological polar surface area (TPSA) is 65.4 Å². The van der Waals surface area contributed by atoms with Crippen molar-refractivity contribution in [3.05, 3.63) is 18.0 Å². The molecule has 0 radical (unpaired) electrons. The Balaban J connectivity index is 0.00000196. The van der Waals surface area contributed by atoms with Gasteiger partial charge in [-0.1, -0.05) is 0 Å². The quantitative estimate of drug-likeness (QED) is 0.668. The minimum atomic E-state index is 0. The number of likely N-dealkylation sites (N-methyl/N-ethyl adjacent to an activating group) is 1. The summed E-state index contributed by atoms with van der Waals surface area (Å²) in [7, 11) is 6.17. The number of halogens is 2. The van der Waals surface area contributed by atoms with Crippen LogP contribution in [0, 0.1) is 11.8 Å². The van der Waals surface area contributed by atoms with E-state index in [0.717, 1.165) is 51.4 Å². The number of hydrogen-bond acceptors (Lipinski definition) is 5. The van der Waals surface area contributed by atoms with Gasteiger partial charge in [-0.3, -0.25) is 9.48 Å².